The molecule has 1 unspecified atom stereocenters. The molecular weight excluding hydrogens is 664 g/mol. The van der Waals surface area contributed by atoms with Crippen LogP contribution in [-0.2, 0) is 59.1 Å². The predicted molar refractivity (Wildman–Crippen MR) is 175 cm³/mol. The Bertz CT molecular complexity index is 1340. The van der Waals surface area contributed by atoms with Crippen LogP contribution in [0.5, 0.6) is 0 Å². The van der Waals surface area contributed by atoms with Crippen LogP contribution in [0.2, 0.25) is 5.82 Å². The number of alkyl carbamates (subject to hydrolysis) is 1. The minimum atomic E-state index is -1.68. The number of hydrogen-bond donors (Lipinski definition) is 4. The Hall–Kier alpha value is -5.07. The van der Waals surface area contributed by atoms with Crippen molar-refractivity contribution in [2.45, 2.75) is 82.0 Å². The summed E-state index contributed by atoms with van der Waals surface area (Å²) >= 11 is 0. The molecule has 0 spiro atoms. The molecule has 1 aromatic rings. The van der Waals surface area contributed by atoms with E-state index in [1.54, 1.807) is 45.1 Å². The van der Waals surface area contributed by atoms with Crippen molar-refractivity contribution < 1.29 is 61.7 Å². The van der Waals surface area contributed by atoms with E-state index in [0.717, 1.165) is 21.3 Å². The van der Waals surface area contributed by atoms with Crippen LogP contribution in [0.4, 0.5) is 9.18 Å². The van der Waals surface area contributed by atoms with Gasteiger partial charge in [0.1, 0.15) is 45.3 Å². The van der Waals surface area contributed by atoms with Crippen LogP contribution >= 0.6 is 0 Å². The van der Waals surface area contributed by atoms with E-state index in [9.17, 15) is 42.7 Å². The van der Waals surface area contributed by atoms with E-state index in [1.807, 2.05) is 0 Å². The number of amides is 4. The van der Waals surface area contributed by atoms with Gasteiger partial charge in [0.05, 0.1) is 27.8 Å². The summed E-state index contributed by atoms with van der Waals surface area (Å²) in [5.74, 6) is -0.747. The van der Waals surface area contributed by atoms with Gasteiger partial charge in [0, 0.05) is 12.8 Å². The molecule has 0 fully saturated rings. The first kappa shape index (κ1) is 43.0. The van der Waals surface area contributed by atoms with E-state index in [0.29, 0.717) is 10.6 Å². The standard InChI is InChI=1S/C31H45BFN5O12/c1-18(32)14-22(37-31(46)50-17-19-8-6-5-7-9-19)30(45)38(34)23(11-13-26(41)48-3)29(44)35-20(10-12-25(40)47-2)28(43)36-21(24(39)16-33)15-27(42)49-4/h5-9,18,20-23H,10-17,32,34H2,1-4H3,(H,35,44)(H,36,43)(H,37,46)/t18?,20-,21-,22-,23-/m0/s1. The number of carbonyl (C=O) groups excluding carboxylic acids is 8. The number of ketones is 1. The number of alkyl halides is 1. The topological polar surface area (TPSA) is 239 Å². The first-order valence-corrected chi connectivity index (χ1v) is 15.6. The normalized spacial score (nSPS) is 13.6. The van der Waals surface area contributed by atoms with E-state index in [-0.39, 0.29) is 18.8 Å². The smallest absolute Gasteiger partial charge is 0.408 e. The highest BCUT2D eigenvalue weighted by Gasteiger charge is 2.36. The fraction of sp³-hybridized carbons (Fsp3) is 0.548. The van der Waals surface area contributed by atoms with Gasteiger partial charge < -0.3 is 34.9 Å². The second-order valence-corrected chi connectivity index (χ2v) is 11.4. The molecule has 0 aliphatic rings. The molecular formula is C31H45BFN5O12. The average Bonchev–Trinajstić information content (AvgIpc) is 3.10. The van der Waals surface area contributed by atoms with Crippen LogP contribution in [0.1, 0.15) is 51.0 Å². The van der Waals surface area contributed by atoms with Crippen molar-refractivity contribution in [2.24, 2.45) is 5.84 Å². The van der Waals surface area contributed by atoms with E-state index in [2.05, 4.69) is 30.2 Å². The van der Waals surface area contributed by atoms with Crippen LogP contribution in [0, 0.1) is 0 Å². The van der Waals surface area contributed by atoms with Crippen LogP contribution in [0.15, 0.2) is 30.3 Å². The molecule has 0 saturated carbocycles. The number of nitrogens with one attached hydrogen (secondary N) is 3. The molecule has 4 amide bonds. The van der Waals surface area contributed by atoms with Gasteiger partial charge in [0.2, 0.25) is 11.8 Å². The van der Waals surface area contributed by atoms with Gasteiger partial charge in [-0.25, -0.2) is 15.0 Å². The summed E-state index contributed by atoms with van der Waals surface area (Å²) < 4.78 is 32.2. The molecule has 0 heterocycles. The number of rotatable bonds is 21. The van der Waals surface area contributed by atoms with Crippen LogP contribution in [0.25, 0.3) is 0 Å². The fourth-order valence-electron chi connectivity index (χ4n) is 4.45. The second kappa shape index (κ2) is 22.5. The van der Waals surface area contributed by atoms with Gasteiger partial charge >= 0.3 is 24.0 Å². The van der Waals surface area contributed by atoms with E-state index in [4.69, 9.17) is 10.6 Å². The van der Waals surface area contributed by atoms with Crippen molar-refractivity contribution in [3.8, 4) is 0 Å². The Morgan fingerprint density at radius 2 is 1.36 bits per heavy atom. The van der Waals surface area contributed by atoms with E-state index in [1.165, 1.54) is 0 Å². The summed E-state index contributed by atoms with van der Waals surface area (Å²) in [6, 6.07) is 2.52. The Morgan fingerprint density at radius 3 is 1.90 bits per heavy atom. The van der Waals surface area contributed by atoms with Gasteiger partial charge in [-0.1, -0.05) is 43.1 Å². The van der Waals surface area contributed by atoms with Gasteiger partial charge in [0.25, 0.3) is 5.91 Å². The third kappa shape index (κ3) is 15.4. The summed E-state index contributed by atoms with van der Waals surface area (Å²) in [6.45, 7) is 0.135. The van der Waals surface area contributed by atoms with E-state index >= 15 is 0 Å². The molecule has 276 valence electrons. The molecule has 0 saturated heterocycles. The lowest BCUT2D eigenvalue weighted by atomic mass is 9.83. The molecule has 19 heteroatoms. The number of carbonyl (C=O) groups is 8. The van der Waals surface area contributed by atoms with Crippen LogP contribution in [0.3, 0.4) is 0 Å². The Morgan fingerprint density at radius 1 is 0.800 bits per heavy atom. The van der Waals surface area contributed by atoms with Gasteiger partial charge in [-0.05, 0) is 24.8 Å². The third-order valence-electron chi connectivity index (χ3n) is 7.19. The summed E-state index contributed by atoms with van der Waals surface area (Å²) in [5.41, 5.74) is 0.686. The number of hydrogen-bond acceptors (Lipinski definition) is 13. The molecule has 0 aliphatic heterocycles. The highest BCUT2D eigenvalue weighted by Crippen LogP contribution is 2.15. The molecule has 0 aliphatic carbocycles. The SMILES string of the molecule is BC(C)C[C@H](NC(=O)OCc1ccccc1)C(=O)N(N)[C@@H](CCC(=O)OC)C(=O)N[C@@H](CCC(=O)OC)C(=O)N[C@@H](CC(=O)OC)C(=O)CF. The van der Waals surface area contributed by atoms with Crippen molar-refractivity contribution in [3.05, 3.63) is 35.9 Å². The summed E-state index contributed by atoms with van der Waals surface area (Å²) in [5, 5.41) is 7.48. The van der Waals surface area contributed by atoms with Gasteiger partial charge in [0.15, 0.2) is 5.78 Å². The summed E-state index contributed by atoms with van der Waals surface area (Å²) in [7, 11) is 4.97. The maximum atomic E-state index is 13.7. The Kier molecular flexibility index (Phi) is 19.4. The molecule has 0 radical (unpaired) electrons. The minimum Gasteiger partial charge on any atom is -0.469 e. The number of Topliss-reactive ketones (excluding diaryl/α,β-unsaturated/α-hetero) is 1. The minimum absolute atomic E-state index is 0.0622. The molecule has 5 atom stereocenters. The van der Waals surface area contributed by atoms with Crippen molar-refractivity contribution in [2.75, 3.05) is 28.0 Å². The van der Waals surface area contributed by atoms with Crippen molar-refractivity contribution in [3.63, 3.8) is 0 Å². The first-order chi connectivity index (χ1) is 23.7. The fourth-order valence-corrected chi connectivity index (χ4v) is 4.45. The number of ether oxygens (including phenoxy) is 4. The molecule has 1 aromatic carbocycles. The molecule has 1 rings (SSSR count). The summed E-state index contributed by atoms with van der Waals surface area (Å²) in [6.07, 6.45) is -3.27. The zero-order valence-corrected chi connectivity index (χ0v) is 28.7. The maximum Gasteiger partial charge on any atom is 0.408 e. The lowest BCUT2D eigenvalue weighted by molar-refractivity contribution is -0.147. The maximum absolute atomic E-state index is 13.7. The number of nitrogens with zero attached hydrogens (tertiary/aromatic N) is 1. The Labute approximate surface area is 289 Å². The number of esters is 3. The summed E-state index contributed by atoms with van der Waals surface area (Å²) in [4.78, 5) is 101. The number of methoxy groups -OCH3 is 3. The molecule has 50 heavy (non-hydrogen) atoms. The highest BCUT2D eigenvalue weighted by atomic mass is 19.1. The average molecular weight is 710 g/mol. The van der Waals surface area contributed by atoms with Gasteiger partial charge in [-0.15, -0.1) is 0 Å². The Balaban J connectivity index is 3.33. The van der Waals surface area contributed by atoms with E-state index < -0.39 is 110 Å². The van der Waals surface area contributed by atoms with Gasteiger partial charge in [-0.2, -0.15) is 0 Å². The molecule has 5 N–H and O–H groups in total. The van der Waals surface area contributed by atoms with Crippen molar-refractivity contribution in [1.82, 2.24) is 21.0 Å². The monoisotopic (exact) mass is 709 g/mol. The molecule has 0 bridgehead atoms. The second-order valence-electron chi connectivity index (χ2n) is 11.4. The highest BCUT2D eigenvalue weighted by molar-refractivity contribution is 6.11. The number of nitrogens with two attached hydrogens (primary N) is 1. The molecule has 0 aromatic heterocycles. The lowest BCUT2D eigenvalue weighted by Crippen LogP contribution is -2.61. The number of halogens is 1. The predicted octanol–water partition coefficient (Wildman–Crippen LogP) is -0.838. The number of benzene rings is 1. The zero-order chi connectivity index (χ0) is 37.8. The first-order valence-electron chi connectivity index (χ1n) is 15.6. The van der Waals surface area contributed by atoms with Crippen molar-refractivity contribution in [1.29, 1.82) is 0 Å². The van der Waals surface area contributed by atoms with Crippen LogP contribution in [-0.4, -0.2) is 113 Å². The zero-order valence-electron chi connectivity index (χ0n) is 28.7. The van der Waals surface area contributed by atoms with Gasteiger partial charge in [-0.3, -0.25) is 38.6 Å². The third-order valence-corrected chi connectivity index (χ3v) is 7.19. The largest absolute Gasteiger partial charge is 0.469 e. The van der Waals surface area contributed by atoms with Crippen LogP contribution < -0.4 is 21.8 Å². The molecule has 17 nitrogen and oxygen atoms in total. The van der Waals surface area contributed by atoms with Crippen molar-refractivity contribution >= 4 is 55.4 Å². The quantitative estimate of drug-likeness (QED) is 0.0305. The number of hydrazine groups is 1. The lowest BCUT2D eigenvalue weighted by Gasteiger charge is -2.31.